The van der Waals surface area contributed by atoms with E-state index in [4.69, 9.17) is 14.3 Å². The quantitative estimate of drug-likeness (QED) is 0.578. The molecule has 3 rings (SSSR count). The zero-order valence-corrected chi connectivity index (χ0v) is 15.8. The lowest BCUT2D eigenvalue weighted by atomic mass is 10.1. The van der Waals surface area contributed by atoms with Crippen LogP contribution < -0.4 is 20.3 Å². The van der Waals surface area contributed by atoms with Crippen LogP contribution in [0.15, 0.2) is 49.0 Å². The van der Waals surface area contributed by atoms with Gasteiger partial charge >= 0.3 is 0 Å². The fourth-order valence-electron chi connectivity index (χ4n) is 2.35. The second-order valence-corrected chi connectivity index (χ2v) is 6.50. The van der Waals surface area contributed by atoms with Crippen molar-refractivity contribution in [1.29, 1.82) is 0 Å². The lowest BCUT2D eigenvalue weighted by Gasteiger charge is -2.12. The third-order valence-corrected chi connectivity index (χ3v) is 4.62. The van der Waals surface area contributed by atoms with Gasteiger partial charge in [0.15, 0.2) is 23.2 Å². The molecule has 0 aliphatic rings. The van der Waals surface area contributed by atoms with Crippen LogP contribution in [0.5, 0.6) is 11.5 Å². The second kappa shape index (κ2) is 8.52. The first-order valence-corrected chi connectivity index (χ1v) is 8.87. The minimum absolute atomic E-state index is 0.192. The number of carbonyl (C=O) groups is 1. The average molecular weight is 385 g/mol. The van der Waals surface area contributed by atoms with Crippen molar-refractivity contribution in [3.63, 3.8) is 0 Å². The number of aromatic nitrogens is 1. The van der Waals surface area contributed by atoms with Gasteiger partial charge in [-0.25, -0.2) is 4.98 Å². The number of benzene rings is 2. The number of anilines is 1. The predicted octanol–water partition coefficient (Wildman–Crippen LogP) is 3.44. The van der Waals surface area contributed by atoms with Crippen LogP contribution in [-0.2, 0) is 9.63 Å². The van der Waals surface area contributed by atoms with E-state index in [-0.39, 0.29) is 12.5 Å². The highest BCUT2D eigenvalue weighted by atomic mass is 32.1. The summed E-state index contributed by atoms with van der Waals surface area (Å²) in [7, 11) is 3.12. The summed E-state index contributed by atoms with van der Waals surface area (Å²) in [6.07, 6.45) is 0. The number of rotatable bonds is 8. The predicted molar refractivity (Wildman–Crippen MR) is 106 cm³/mol. The van der Waals surface area contributed by atoms with Crippen LogP contribution in [0.2, 0.25) is 0 Å². The molecule has 2 aromatic carbocycles. The first-order chi connectivity index (χ1) is 13.1. The normalized spacial score (nSPS) is 10.4. The van der Waals surface area contributed by atoms with E-state index in [9.17, 15) is 4.79 Å². The number of hydrogen-bond acceptors (Lipinski definition) is 7. The third-order valence-electron chi connectivity index (χ3n) is 3.67. The number of methoxy groups -OCH3 is 2. The van der Waals surface area contributed by atoms with E-state index < -0.39 is 0 Å². The Bertz CT molecular complexity index is 937. The summed E-state index contributed by atoms with van der Waals surface area (Å²) in [6, 6.07) is 13.0. The molecule has 2 N–H and O–H groups in total. The van der Waals surface area contributed by atoms with Crippen molar-refractivity contribution in [3.8, 4) is 11.5 Å². The highest BCUT2D eigenvalue weighted by Gasteiger charge is 2.10. The largest absolute Gasteiger partial charge is 0.493 e. The van der Waals surface area contributed by atoms with Crippen molar-refractivity contribution in [1.82, 2.24) is 10.5 Å². The molecule has 3 aromatic rings. The average Bonchev–Trinajstić information content (AvgIpc) is 3.09. The minimum atomic E-state index is -0.318. The Morgan fingerprint density at radius 3 is 2.67 bits per heavy atom. The zero-order chi connectivity index (χ0) is 19.2. The summed E-state index contributed by atoms with van der Waals surface area (Å²) >= 11 is 1.41. The molecular formula is C19H19N3O4S. The molecule has 1 heterocycles. The van der Waals surface area contributed by atoms with Gasteiger partial charge in [0, 0.05) is 5.56 Å². The number of carbonyl (C=O) groups excluding carboxylic acids is 1. The summed E-state index contributed by atoms with van der Waals surface area (Å²) in [5, 5.41) is 3.25. The van der Waals surface area contributed by atoms with Gasteiger partial charge in [-0.15, -0.1) is 0 Å². The highest BCUT2D eigenvalue weighted by molar-refractivity contribution is 7.22. The number of nitrogens with zero attached hydrogens (tertiary/aromatic N) is 1. The molecule has 0 saturated carbocycles. The fourth-order valence-corrected chi connectivity index (χ4v) is 3.23. The lowest BCUT2D eigenvalue weighted by Crippen LogP contribution is -2.23. The van der Waals surface area contributed by atoms with Crippen LogP contribution in [0.1, 0.15) is 5.56 Å². The molecule has 0 aliphatic heterocycles. The lowest BCUT2D eigenvalue weighted by molar-refractivity contribution is -0.122. The van der Waals surface area contributed by atoms with Gasteiger partial charge in [-0.3, -0.25) is 20.4 Å². The molecule has 0 radical (unpaired) electrons. The maximum absolute atomic E-state index is 12.0. The van der Waals surface area contributed by atoms with Gasteiger partial charge in [0.1, 0.15) is 0 Å². The molecule has 7 nitrogen and oxygen atoms in total. The van der Waals surface area contributed by atoms with Crippen LogP contribution in [0, 0.1) is 0 Å². The summed E-state index contributed by atoms with van der Waals surface area (Å²) in [6.45, 7) is 3.70. The van der Waals surface area contributed by atoms with Crippen molar-refractivity contribution < 1.29 is 19.1 Å². The summed E-state index contributed by atoms with van der Waals surface area (Å²) < 4.78 is 11.5. The molecule has 0 fully saturated rings. The van der Waals surface area contributed by atoms with Gasteiger partial charge in [-0.2, -0.15) is 0 Å². The Morgan fingerprint density at radius 1 is 1.15 bits per heavy atom. The summed E-state index contributed by atoms with van der Waals surface area (Å²) in [4.78, 5) is 21.6. The van der Waals surface area contributed by atoms with Gasteiger partial charge in [-0.1, -0.05) is 30.0 Å². The summed E-state index contributed by atoms with van der Waals surface area (Å²) in [5.41, 5.74) is 4.75. The number of hydrogen-bond donors (Lipinski definition) is 2. The van der Waals surface area contributed by atoms with Crippen molar-refractivity contribution in [2.75, 3.05) is 26.1 Å². The molecule has 1 aromatic heterocycles. The maximum Gasteiger partial charge on any atom is 0.254 e. The molecule has 0 spiro atoms. The van der Waals surface area contributed by atoms with Crippen LogP contribution >= 0.6 is 11.3 Å². The molecule has 0 aliphatic carbocycles. The number of thiazole rings is 1. The first kappa shape index (κ1) is 18.7. The number of fused-ring (bicyclic) bond motifs is 1. The van der Waals surface area contributed by atoms with Crippen LogP contribution in [0.4, 0.5) is 5.13 Å². The monoisotopic (exact) mass is 385 g/mol. The summed E-state index contributed by atoms with van der Waals surface area (Å²) in [5.74, 6) is 0.873. The van der Waals surface area contributed by atoms with Gasteiger partial charge in [0.2, 0.25) is 0 Å². The smallest absolute Gasteiger partial charge is 0.254 e. The first-order valence-electron chi connectivity index (χ1n) is 8.05. The highest BCUT2D eigenvalue weighted by Crippen LogP contribution is 2.29. The molecule has 0 atom stereocenters. The van der Waals surface area contributed by atoms with Gasteiger partial charge in [-0.05, 0) is 30.3 Å². The number of ether oxygens (including phenoxy) is 2. The number of para-hydroxylation sites is 1. The zero-order valence-electron chi connectivity index (χ0n) is 14.9. The van der Waals surface area contributed by atoms with Crippen molar-refractivity contribution in [3.05, 3.63) is 54.6 Å². The van der Waals surface area contributed by atoms with Crippen LogP contribution in [-0.4, -0.2) is 31.7 Å². The Balaban J connectivity index is 1.51. The molecule has 0 saturated heterocycles. The van der Waals surface area contributed by atoms with Crippen molar-refractivity contribution in [2.24, 2.45) is 0 Å². The number of hydroxylamine groups is 1. The maximum atomic E-state index is 12.0. The number of amides is 1. The molecule has 0 unspecified atom stereocenters. The second-order valence-electron chi connectivity index (χ2n) is 5.47. The Kier molecular flexibility index (Phi) is 5.90. The fraction of sp³-hybridized carbons (Fsp3) is 0.158. The number of nitrogens with one attached hydrogen (secondary N) is 2. The SMILES string of the molecule is C=C(NOCC(=O)Nc1nc2ccccc2s1)c1ccc(OC)c(OC)c1. The van der Waals surface area contributed by atoms with Crippen molar-refractivity contribution >= 4 is 38.3 Å². The third kappa shape index (κ3) is 4.55. The topological polar surface area (TPSA) is 81.7 Å². The molecule has 0 bridgehead atoms. The van der Waals surface area contributed by atoms with E-state index in [1.807, 2.05) is 24.3 Å². The molecule has 8 heteroatoms. The van der Waals surface area contributed by atoms with E-state index >= 15 is 0 Å². The van der Waals surface area contributed by atoms with E-state index in [2.05, 4.69) is 22.4 Å². The molecule has 140 valence electrons. The van der Waals surface area contributed by atoms with E-state index in [1.54, 1.807) is 32.4 Å². The van der Waals surface area contributed by atoms with Crippen LogP contribution in [0.3, 0.4) is 0 Å². The Labute approximate surface area is 160 Å². The minimum Gasteiger partial charge on any atom is -0.493 e. The van der Waals surface area contributed by atoms with E-state index in [0.29, 0.717) is 22.3 Å². The molecule has 1 amide bonds. The van der Waals surface area contributed by atoms with Crippen molar-refractivity contribution in [2.45, 2.75) is 0 Å². The van der Waals surface area contributed by atoms with E-state index in [0.717, 1.165) is 15.8 Å². The molecular weight excluding hydrogens is 366 g/mol. The van der Waals surface area contributed by atoms with Crippen LogP contribution in [0.25, 0.3) is 15.9 Å². The van der Waals surface area contributed by atoms with E-state index in [1.165, 1.54) is 11.3 Å². The molecule has 27 heavy (non-hydrogen) atoms. The van der Waals surface area contributed by atoms with Gasteiger partial charge in [0.25, 0.3) is 5.91 Å². The Hall–Kier alpha value is -3.10. The standard InChI is InChI=1S/C19H19N3O4S/c1-12(13-8-9-15(24-2)16(10-13)25-3)22-26-11-18(23)21-19-20-14-6-4-5-7-17(14)27-19/h4-10,22H,1,11H2,2-3H3,(H,20,21,23). The van der Waals surface area contributed by atoms with Gasteiger partial charge in [0.05, 0.1) is 30.1 Å². The Morgan fingerprint density at radius 2 is 1.93 bits per heavy atom. The van der Waals surface area contributed by atoms with Gasteiger partial charge < -0.3 is 9.47 Å².